The molecule has 14 heteroatoms. The highest BCUT2D eigenvalue weighted by atomic mass is 32.2. The van der Waals surface area contributed by atoms with Crippen molar-refractivity contribution in [3.63, 3.8) is 0 Å². The third-order valence-corrected chi connectivity index (χ3v) is 7.31. The molecule has 4 rings (SSSR count). The van der Waals surface area contributed by atoms with Crippen molar-refractivity contribution in [2.24, 2.45) is 15.6 Å². The van der Waals surface area contributed by atoms with Crippen LogP contribution < -0.4 is 22.1 Å². The number of hydrogen-bond acceptors (Lipinski definition) is 10. The summed E-state index contributed by atoms with van der Waals surface area (Å²) in [6.07, 6.45) is 0. The number of thiophene rings is 1. The molecule has 0 unspecified atom stereocenters. The number of hydrogen-bond donors (Lipinski definition) is 3. The molecule has 12 nitrogen and oxygen atoms in total. The molecule has 0 spiro atoms. The fourth-order valence-electron chi connectivity index (χ4n) is 3.39. The quantitative estimate of drug-likeness (QED) is 0.101. The van der Waals surface area contributed by atoms with Crippen molar-refractivity contribution in [3.05, 3.63) is 63.8 Å². The normalized spacial score (nSPS) is 11.7. The van der Waals surface area contributed by atoms with Gasteiger partial charge in [-0.1, -0.05) is 17.4 Å². The van der Waals surface area contributed by atoms with Crippen molar-refractivity contribution in [3.8, 4) is 0 Å². The van der Waals surface area contributed by atoms with Crippen molar-refractivity contribution in [2.75, 3.05) is 23.8 Å². The van der Waals surface area contributed by atoms with Gasteiger partial charge in [0.25, 0.3) is 0 Å². The smallest absolute Gasteiger partial charge is 0.350 e. The summed E-state index contributed by atoms with van der Waals surface area (Å²) in [6.45, 7) is 1.50. The molecule has 0 fully saturated rings. The average Bonchev–Trinajstić information content (AvgIpc) is 3.23. The monoisotopic (exact) mass is 529 g/mol. The van der Waals surface area contributed by atoms with E-state index >= 15 is 0 Å². The van der Waals surface area contributed by atoms with Crippen LogP contribution in [0.3, 0.4) is 0 Å². The molecule has 36 heavy (non-hydrogen) atoms. The number of carbonyl (C=O) groups excluding carboxylic acids is 2. The maximum absolute atomic E-state index is 12.8. The molecule has 4 N–H and O–H groups in total. The lowest BCUT2D eigenvalue weighted by molar-refractivity contribution is -0.114. The number of fused-ring (bicyclic) bond motifs is 3. The third kappa shape index (κ3) is 4.89. The van der Waals surface area contributed by atoms with E-state index in [0.717, 1.165) is 11.3 Å². The number of sulfonamides is 1. The number of rotatable bonds is 8. The van der Waals surface area contributed by atoms with Crippen molar-refractivity contribution >= 4 is 65.7 Å². The fraction of sp³-hybridized carbons (Fsp3) is 0.136. The van der Waals surface area contributed by atoms with E-state index in [9.17, 15) is 22.8 Å². The Morgan fingerprint density at radius 2 is 1.86 bits per heavy atom. The number of esters is 1. The Morgan fingerprint density at radius 3 is 2.56 bits per heavy atom. The Kier molecular flexibility index (Phi) is 6.98. The molecule has 186 valence electrons. The van der Waals surface area contributed by atoms with Gasteiger partial charge in [-0.15, -0.1) is 11.3 Å². The summed E-state index contributed by atoms with van der Waals surface area (Å²) in [7, 11) is -4.01. The molecule has 0 bridgehead atoms. The number of para-hydroxylation sites is 1. The first-order valence-corrected chi connectivity index (χ1v) is 12.7. The predicted octanol–water partition coefficient (Wildman–Crippen LogP) is 3.25. The summed E-state index contributed by atoms with van der Waals surface area (Å²) >= 11 is 1.03. The minimum Gasteiger partial charge on any atom is -0.462 e. The molecule has 1 amide bonds. The SMILES string of the molecule is CCOC(=O)c1sc2c(c1NC(=O)CNc1ccc(S(=O)(=O)N=NN)cc1)c(=O)oc1ccccc12. The first kappa shape index (κ1) is 24.8. The van der Waals surface area contributed by atoms with E-state index in [2.05, 4.69) is 20.4 Å². The van der Waals surface area contributed by atoms with Crippen LogP contribution in [0.25, 0.3) is 21.1 Å². The molecule has 0 saturated heterocycles. The maximum atomic E-state index is 12.8. The summed E-state index contributed by atoms with van der Waals surface area (Å²) in [5.74, 6) is 3.55. The van der Waals surface area contributed by atoms with Crippen LogP contribution in [0.5, 0.6) is 0 Å². The minimum absolute atomic E-state index is 0.00772. The Balaban J connectivity index is 1.61. The van der Waals surface area contributed by atoms with Crippen molar-refractivity contribution in [1.29, 1.82) is 0 Å². The number of nitrogens with two attached hydrogens (primary N) is 1. The molecule has 0 atom stereocenters. The van der Waals surface area contributed by atoms with Crippen LogP contribution in [0, 0.1) is 0 Å². The zero-order valence-electron chi connectivity index (χ0n) is 18.7. The number of amides is 1. The summed E-state index contributed by atoms with van der Waals surface area (Å²) in [5, 5.41) is 8.91. The van der Waals surface area contributed by atoms with E-state index in [4.69, 9.17) is 15.0 Å². The van der Waals surface area contributed by atoms with Crippen LogP contribution in [0.1, 0.15) is 16.6 Å². The van der Waals surface area contributed by atoms with E-state index in [1.807, 2.05) is 0 Å². The first-order valence-electron chi connectivity index (χ1n) is 10.4. The van der Waals surface area contributed by atoms with E-state index in [-0.39, 0.29) is 34.0 Å². The van der Waals surface area contributed by atoms with Gasteiger partial charge in [0.05, 0.1) is 28.4 Å². The lowest BCUT2D eigenvalue weighted by Gasteiger charge is -2.09. The lowest BCUT2D eigenvalue weighted by atomic mass is 10.2. The van der Waals surface area contributed by atoms with Gasteiger partial charge < -0.3 is 25.6 Å². The lowest BCUT2D eigenvalue weighted by Crippen LogP contribution is -2.23. The molecule has 0 aliphatic carbocycles. The molecule has 4 aromatic rings. The fourth-order valence-corrected chi connectivity index (χ4v) is 5.26. The number of anilines is 2. The van der Waals surface area contributed by atoms with Gasteiger partial charge in [0, 0.05) is 11.1 Å². The Bertz CT molecular complexity index is 1660. The number of nitrogens with one attached hydrogen (secondary N) is 2. The zero-order valence-corrected chi connectivity index (χ0v) is 20.3. The average molecular weight is 530 g/mol. The van der Waals surface area contributed by atoms with Gasteiger partial charge in [0.2, 0.25) is 5.91 Å². The molecule has 2 aromatic heterocycles. The van der Waals surface area contributed by atoms with Crippen LogP contribution in [0.2, 0.25) is 0 Å². The summed E-state index contributed by atoms with van der Waals surface area (Å²) in [4.78, 5) is 38.1. The molecule has 0 radical (unpaired) electrons. The number of ether oxygens (including phenoxy) is 1. The Hall–Kier alpha value is -4.30. The third-order valence-electron chi connectivity index (χ3n) is 4.93. The predicted molar refractivity (Wildman–Crippen MR) is 134 cm³/mol. The highest BCUT2D eigenvalue weighted by molar-refractivity contribution is 7.90. The topological polar surface area (TPSA) is 183 Å². The van der Waals surface area contributed by atoms with Gasteiger partial charge in [-0.3, -0.25) is 4.79 Å². The van der Waals surface area contributed by atoms with Crippen LogP contribution in [-0.4, -0.2) is 33.4 Å². The van der Waals surface area contributed by atoms with E-state index in [0.29, 0.717) is 21.4 Å². The standard InChI is InChI=1S/C22H19N5O7S2/c1-2-33-22(30)20-18(17-19(35-20)14-5-3-4-6-15(14)34-21(17)29)25-16(28)11-24-12-7-9-13(10-8-12)36(31,32)27-26-23/h3-10,24H,2,11H2,1H3,(H2,23,27)(H,25,28). The van der Waals surface area contributed by atoms with Crippen LogP contribution in [-0.2, 0) is 19.6 Å². The van der Waals surface area contributed by atoms with E-state index in [1.165, 1.54) is 24.3 Å². The second-order valence-corrected chi connectivity index (χ2v) is 9.82. The van der Waals surface area contributed by atoms with Gasteiger partial charge in [-0.2, -0.15) is 8.42 Å². The molecule has 0 aliphatic rings. The van der Waals surface area contributed by atoms with Crippen molar-refractivity contribution in [2.45, 2.75) is 11.8 Å². The number of carbonyl (C=O) groups is 2. The van der Waals surface area contributed by atoms with E-state index in [1.54, 1.807) is 31.2 Å². The largest absolute Gasteiger partial charge is 0.462 e. The highest BCUT2D eigenvalue weighted by Crippen LogP contribution is 2.38. The van der Waals surface area contributed by atoms with Crippen molar-refractivity contribution < 1.29 is 27.2 Å². The van der Waals surface area contributed by atoms with Gasteiger partial charge in [-0.25, -0.2) is 9.59 Å². The number of nitrogens with zero attached hydrogens (tertiary/aromatic N) is 2. The van der Waals surface area contributed by atoms with Gasteiger partial charge in [0.1, 0.15) is 15.8 Å². The molecule has 2 heterocycles. The summed E-state index contributed by atoms with van der Waals surface area (Å²) in [6, 6.07) is 12.3. The minimum atomic E-state index is -4.01. The Morgan fingerprint density at radius 1 is 1.14 bits per heavy atom. The highest BCUT2D eigenvalue weighted by Gasteiger charge is 2.25. The van der Waals surface area contributed by atoms with Gasteiger partial charge >= 0.3 is 21.6 Å². The molecular weight excluding hydrogens is 510 g/mol. The second kappa shape index (κ2) is 10.1. The van der Waals surface area contributed by atoms with Crippen molar-refractivity contribution in [1.82, 2.24) is 0 Å². The molecule has 0 aliphatic heterocycles. The van der Waals surface area contributed by atoms with E-state index < -0.39 is 27.5 Å². The van der Waals surface area contributed by atoms with Crippen LogP contribution >= 0.6 is 11.3 Å². The van der Waals surface area contributed by atoms with Gasteiger partial charge in [-0.05, 0) is 47.8 Å². The Labute approximate surface area is 207 Å². The van der Waals surface area contributed by atoms with Crippen LogP contribution in [0.15, 0.2) is 72.4 Å². The number of benzene rings is 2. The van der Waals surface area contributed by atoms with Gasteiger partial charge in [0.15, 0.2) is 0 Å². The molecular formula is C22H19N5O7S2. The zero-order chi connectivity index (χ0) is 25.9. The second-order valence-electron chi connectivity index (χ2n) is 7.21. The maximum Gasteiger partial charge on any atom is 0.350 e. The first-order chi connectivity index (χ1) is 17.2. The summed E-state index contributed by atoms with van der Waals surface area (Å²) < 4.78 is 37.7. The molecule has 0 saturated carbocycles. The summed E-state index contributed by atoms with van der Waals surface area (Å²) in [5.41, 5.74) is 0.0863. The van der Waals surface area contributed by atoms with Crippen LogP contribution in [0.4, 0.5) is 11.4 Å². The molecule has 2 aromatic carbocycles.